The number of nitriles is 1. The van der Waals surface area contributed by atoms with Gasteiger partial charge in [0, 0.05) is 16.6 Å². The van der Waals surface area contributed by atoms with Gasteiger partial charge < -0.3 is 20.1 Å². The van der Waals surface area contributed by atoms with Crippen molar-refractivity contribution in [1.29, 1.82) is 5.26 Å². The molecule has 0 spiro atoms. The minimum atomic E-state index is -1.25. The number of halogens is 1. The number of anilines is 1. The quantitative estimate of drug-likeness (QED) is 0.440. The van der Waals surface area contributed by atoms with Crippen molar-refractivity contribution in [2.75, 3.05) is 25.3 Å². The van der Waals surface area contributed by atoms with Crippen LogP contribution in [0.25, 0.3) is 0 Å². The molecule has 2 amide bonds. The highest BCUT2D eigenvalue weighted by Crippen LogP contribution is 2.40. The van der Waals surface area contributed by atoms with Crippen LogP contribution in [-0.4, -0.2) is 37.8 Å². The predicted molar refractivity (Wildman–Crippen MR) is 129 cm³/mol. The molecule has 0 fully saturated rings. The second-order valence-corrected chi connectivity index (χ2v) is 8.79. The van der Waals surface area contributed by atoms with E-state index in [1.807, 2.05) is 6.92 Å². The average Bonchev–Trinajstić information content (AvgIpc) is 2.84. The number of amides is 2. The fraction of sp³-hybridized carbons (Fsp3) is 0.250. The topological polar surface area (TPSA) is 118 Å². The molecule has 0 saturated carbocycles. The van der Waals surface area contributed by atoms with E-state index in [4.69, 9.17) is 21.1 Å². The number of hydrogen-bond acceptors (Lipinski definition) is 7. The van der Waals surface area contributed by atoms with Crippen LogP contribution in [0.2, 0.25) is 5.02 Å². The lowest BCUT2D eigenvalue weighted by Crippen LogP contribution is -2.44. The number of methoxy groups -OCH3 is 2. The molecule has 0 bridgehead atoms. The van der Waals surface area contributed by atoms with Gasteiger partial charge in [-0.2, -0.15) is 5.26 Å². The highest BCUT2D eigenvalue weighted by atomic mass is 35.5. The van der Waals surface area contributed by atoms with Crippen LogP contribution < -0.4 is 15.4 Å². The first-order valence-corrected chi connectivity index (χ1v) is 11.5. The van der Waals surface area contributed by atoms with Crippen LogP contribution >= 0.6 is 23.4 Å². The molecule has 8 nitrogen and oxygen atoms in total. The Morgan fingerprint density at radius 2 is 1.91 bits per heavy atom. The minimum Gasteiger partial charge on any atom is -0.497 e. The maximum absolute atomic E-state index is 12.9. The van der Waals surface area contributed by atoms with Crippen LogP contribution in [0.4, 0.5) is 5.69 Å². The molecule has 1 heterocycles. The second-order valence-electron chi connectivity index (χ2n) is 7.40. The summed E-state index contributed by atoms with van der Waals surface area (Å²) in [6.45, 7) is 1.85. The van der Waals surface area contributed by atoms with Crippen LogP contribution in [-0.2, 0) is 19.1 Å². The summed E-state index contributed by atoms with van der Waals surface area (Å²) in [5.41, 5.74) is 2.15. The maximum Gasteiger partial charge on any atom is 0.319 e. The van der Waals surface area contributed by atoms with Crippen molar-refractivity contribution in [2.45, 2.75) is 12.8 Å². The standard InChI is InChI=1S/C24H22ClN3O5S/c1-13-4-7-15(10-18(13)25)27-19(29)12-34-23-17(11-26)20(14-5-8-16(32-2)9-6-14)21(22(30)28-23)24(31)33-3/h4-10,20-21H,12H2,1-3H3,(H,27,29)(H,28,30)/t20-,21+/m0/s1. The van der Waals surface area contributed by atoms with E-state index in [0.29, 0.717) is 22.0 Å². The Morgan fingerprint density at radius 1 is 1.21 bits per heavy atom. The number of rotatable bonds is 7. The van der Waals surface area contributed by atoms with E-state index in [0.717, 1.165) is 17.3 Å². The molecule has 2 aromatic rings. The summed E-state index contributed by atoms with van der Waals surface area (Å²) in [6.07, 6.45) is 0. The summed E-state index contributed by atoms with van der Waals surface area (Å²) in [6, 6.07) is 14.0. The number of hydrogen-bond donors (Lipinski definition) is 2. The van der Waals surface area contributed by atoms with Gasteiger partial charge >= 0.3 is 5.97 Å². The van der Waals surface area contributed by atoms with Crippen molar-refractivity contribution < 1.29 is 23.9 Å². The maximum atomic E-state index is 12.9. The van der Waals surface area contributed by atoms with Gasteiger partial charge in [0.2, 0.25) is 11.8 Å². The molecule has 3 rings (SSSR count). The smallest absolute Gasteiger partial charge is 0.319 e. The van der Waals surface area contributed by atoms with Gasteiger partial charge in [0.05, 0.1) is 36.6 Å². The lowest BCUT2D eigenvalue weighted by molar-refractivity contribution is -0.150. The zero-order valence-electron chi connectivity index (χ0n) is 18.7. The van der Waals surface area contributed by atoms with Gasteiger partial charge in [0.1, 0.15) is 11.7 Å². The third-order valence-corrected chi connectivity index (χ3v) is 6.69. The molecule has 0 unspecified atom stereocenters. The van der Waals surface area contributed by atoms with Crippen molar-refractivity contribution in [3.63, 3.8) is 0 Å². The first kappa shape index (κ1) is 25.1. The predicted octanol–water partition coefficient (Wildman–Crippen LogP) is 3.77. The molecule has 0 aliphatic carbocycles. The van der Waals surface area contributed by atoms with Gasteiger partial charge in [0.15, 0.2) is 0 Å². The lowest BCUT2D eigenvalue weighted by atomic mass is 9.78. The number of ether oxygens (including phenoxy) is 2. The summed E-state index contributed by atoms with van der Waals surface area (Å²) in [7, 11) is 2.70. The van der Waals surface area contributed by atoms with Gasteiger partial charge in [-0.25, -0.2) is 0 Å². The Kier molecular flexibility index (Phi) is 8.21. The molecule has 34 heavy (non-hydrogen) atoms. The largest absolute Gasteiger partial charge is 0.497 e. The molecule has 1 aliphatic rings. The normalized spacial score (nSPS) is 17.4. The highest BCUT2D eigenvalue weighted by Gasteiger charge is 2.44. The Morgan fingerprint density at radius 3 is 2.50 bits per heavy atom. The SMILES string of the molecule is COC(=O)[C@H]1C(=O)NC(SCC(=O)Nc2ccc(C)c(Cl)c2)=C(C#N)[C@@H]1c1ccc(OC)cc1. The number of esters is 1. The number of carbonyl (C=O) groups is 3. The number of aryl methyl sites for hydroxylation is 1. The number of carbonyl (C=O) groups excluding carboxylic acids is 3. The molecule has 2 atom stereocenters. The molecule has 176 valence electrons. The van der Waals surface area contributed by atoms with E-state index in [2.05, 4.69) is 16.7 Å². The van der Waals surface area contributed by atoms with Gasteiger partial charge in [-0.15, -0.1) is 0 Å². The van der Waals surface area contributed by atoms with E-state index in [1.54, 1.807) is 42.5 Å². The number of nitrogens with zero attached hydrogens (tertiary/aromatic N) is 1. The molecule has 0 aromatic heterocycles. The fourth-order valence-corrected chi connectivity index (χ4v) is 4.53. The van der Waals surface area contributed by atoms with E-state index in [-0.39, 0.29) is 22.3 Å². The molecule has 2 aromatic carbocycles. The van der Waals surface area contributed by atoms with Crippen LogP contribution in [0.1, 0.15) is 17.0 Å². The Bertz CT molecular complexity index is 1190. The number of nitrogens with one attached hydrogen (secondary N) is 2. The third kappa shape index (κ3) is 5.53. The number of allylic oxidation sites excluding steroid dienone is 1. The summed E-state index contributed by atoms with van der Waals surface area (Å²) in [4.78, 5) is 37.8. The van der Waals surface area contributed by atoms with Crippen LogP contribution in [0.5, 0.6) is 5.75 Å². The van der Waals surface area contributed by atoms with Gasteiger partial charge in [-0.3, -0.25) is 14.4 Å². The monoisotopic (exact) mass is 499 g/mol. The summed E-state index contributed by atoms with van der Waals surface area (Å²) < 4.78 is 10.00. The molecule has 0 saturated heterocycles. The number of thioether (sulfide) groups is 1. The van der Waals surface area contributed by atoms with Crippen molar-refractivity contribution in [2.24, 2.45) is 5.92 Å². The van der Waals surface area contributed by atoms with Crippen LogP contribution in [0, 0.1) is 24.2 Å². The molecule has 2 N–H and O–H groups in total. The van der Waals surface area contributed by atoms with Gasteiger partial charge in [-0.1, -0.05) is 41.6 Å². The van der Waals surface area contributed by atoms with E-state index in [1.165, 1.54) is 14.2 Å². The zero-order chi connectivity index (χ0) is 24.8. The fourth-order valence-electron chi connectivity index (χ4n) is 3.50. The highest BCUT2D eigenvalue weighted by molar-refractivity contribution is 8.03. The number of benzene rings is 2. The lowest BCUT2D eigenvalue weighted by Gasteiger charge is -2.31. The summed E-state index contributed by atoms with van der Waals surface area (Å²) >= 11 is 7.10. The average molecular weight is 500 g/mol. The molecular weight excluding hydrogens is 478 g/mol. The van der Waals surface area contributed by atoms with Crippen LogP contribution in [0.15, 0.2) is 53.1 Å². The molecule has 1 aliphatic heterocycles. The molecule has 10 heteroatoms. The third-order valence-electron chi connectivity index (χ3n) is 5.26. The summed E-state index contributed by atoms with van der Waals surface area (Å²) in [5.74, 6) is -3.34. The zero-order valence-corrected chi connectivity index (χ0v) is 20.3. The van der Waals surface area contributed by atoms with Crippen molar-refractivity contribution >= 4 is 46.8 Å². The minimum absolute atomic E-state index is 0.0789. The molecular formula is C24H22ClN3O5S. The Labute approximate surface area is 206 Å². The van der Waals surface area contributed by atoms with E-state index in [9.17, 15) is 19.6 Å². The van der Waals surface area contributed by atoms with Crippen molar-refractivity contribution in [3.8, 4) is 11.8 Å². The van der Waals surface area contributed by atoms with Crippen molar-refractivity contribution in [3.05, 3.63) is 69.2 Å². The van der Waals surface area contributed by atoms with Gasteiger partial charge in [-0.05, 0) is 42.3 Å². The van der Waals surface area contributed by atoms with Crippen LogP contribution in [0.3, 0.4) is 0 Å². The van der Waals surface area contributed by atoms with Crippen molar-refractivity contribution in [1.82, 2.24) is 5.32 Å². The van der Waals surface area contributed by atoms with E-state index < -0.39 is 23.7 Å². The Balaban J connectivity index is 1.88. The molecule has 0 radical (unpaired) electrons. The first-order valence-electron chi connectivity index (χ1n) is 10.1. The Hall–Kier alpha value is -3.48. The second kappa shape index (κ2) is 11.1. The van der Waals surface area contributed by atoms with E-state index >= 15 is 0 Å². The first-order chi connectivity index (χ1) is 16.3. The summed E-state index contributed by atoms with van der Waals surface area (Å²) in [5, 5.41) is 16.0. The van der Waals surface area contributed by atoms with Gasteiger partial charge in [0.25, 0.3) is 0 Å².